The Morgan fingerprint density at radius 3 is 2.67 bits per heavy atom. The highest BCUT2D eigenvalue weighted by molar-refractivity contribution is 5.84. The highest BCUT2D eigenvalue weighted by Gasteiger charge is 2.34. The molecule has 1 aliphatic heterocycles. The van der Waals surface area contributed by atoms with E-state index in [2.05, 4.69) is 10.1 Å². The normalized spacial score (nSPS) is 19.9. The van der Waals surface area contributed by atoms with Crippen LogP contribution in [-0.2, 0) is 29.0 Å². The number of fused-ring (bicyclic) bond motifs is 1. The summed E-state index contributed by atoms with van der Waals surface area (Å²) in [6.45, 7) is 0.323. The summed E-state index contributed by atoms with van der Waals surface area (Å²) in [5, 5.41) is 13.6. The van der Waals surface area contributed by atoms with Gasteiger partial charge in [0.05, 0.1) is 0 Å². The topological polar surface area (TPSA) is 96.5 Å². The molecule has 1 N–H and O–H groups in total. The number of carbonyl (C=O) groups excluding carboxylic acids is 1. The standard InChI is InChI=1S/C20H23N3O4/c24-18(10-9-17-21-19(22-27-17)13-5-1-2-6-13)23-12-15-8-4-3-7-14(15)11-16(23)20(25)26/h3-4,7-8,13,16H,1-2,5-6,9-12H2,(H,25,26)/t16-/m1/s1. The minimum atomic E-state index is -0.973. The predicted molar refractivity (Wildman–Crippen MR) is 95.9 cm³/mol. The molecule has 1 atom stereocenters. The van der Waals surface area contributed by atoms with E-state index >= 15 is 0 Å². The van der Waals surface area contributed by atoms with E-state index in [1.54, 1.807) is 0 Å². The Kier molecular flexibility index (Phi) is 4.92. The van der Waals surface area contributed by atoms with E-state index in [1.807, 2.05) is 24.3 Å². The van der Waals surface area contributed by atoms with Gasteiger partial charge in [0.2, 0.25) is 11.8 Å². The van der Waals surface area contributed by atoms with E-state index in [-0.39, 0.29) is 12.3 Å². The quantitative estimate of drug-likeness (QED) is 0.870. The van der Waals surface area contributed by atoms with Crippen LogP contribution >= 0.6 is 0 Å². The number of aliphatic carboxylic acids is 1. The SMILES string of the molecule is O=C(O)[C@H]1Cc2ccccc2CN1C(=O)CCc1nc(C2CCCC2)no1. The lowest BCUT2D eigenvalue weighted by Crippen LogP contribution is -2.48. The van der Waals surface area contributed by atoms with Crippen LogP contribution in [0.25, 0.3) is 0 Å². The Labute approximate surface area is 157 Å². The second kappa shape index (κ2) is 7.50. The number of hydrogen-bond donors (Lipinski definition) is 1. The fourth-order valence-electron chi connectivity index (χ4n) is 4.08. The molecule has 2 heterocycles. The summed E-state index contributed by atoms with van der Waals surface area (Å²) in [6.07, 6.45) is 5.40. The van der Waals surface area contributed by atoms with E-state index < -0.39 is 12.0 Å². The van der Waals surface area contributed by atoms with Crippen molar-refractivity contribution in [2.24, 2.45) is 0 Å². The number of carboxylic acid groups (broad SMARTS) is 1. The molecule has 0 saturated heterocycles. The molecule has 142 valence electrons. The number of aryl methyl sites for hydroxylation is 1. The van der Waals surface area contributed by atoms with E-state index in [1.165, 1.54) is 17.7 Å². The summed E-state index contributed by atoms with van der Waals surface area (Å²) in [7, 11) is 0. The van der Waals surface area contributed by atoms with Gasteiger partial charge in [-0.25, -0.2) is 4.79 Å². The number of benzene rings is 1. The van der Waals surface area contributed by atoms with Gasteiger partial charge in [-0.3, -0.25) is 4.79 Å². The zero-order valence-corrected chi connectivity index (χ0v) is 15.1. The zero-order chi connectivity index (χ0) is 18.8. The van der Waals surface area contributed by atoms with Crippen LogP contribution < -0.4 is 0 Å². The smallest absolute Gasteiger partial charge is 0.326 e. The molecule has 27 heavy (non-hydrogen) atoms. The van der Waals surface area contributed by atoms with Crippen molar-refractivity contribution in [1.82, 2.24) is 15.0 Å². The first-order chi connectivity index (χ1) is 13.1. The maximum Gasteiger partial charge on any atom is 0.326 e. The van der Waals surface area contributed by atoms with Gasteiger partial charge in [0.15, 0.2) is 5.82 Å². The summed E-state index contributed by atoms with van der Waals surface area (Å²) in [5.74, 6) is 0.393. The molecule has 1 aromatic carbocycles. The van der Waals surface area contributed by atoms with Crippen LogP contribution in [0.1, 0.15) is 60.9 Å². The summed E-state index contributed by atoms with van der Waals surface area (Å²) in [4.78, 5) is 30.3. The van der Waals surface area contributed by atoms with E-state index in [9.17, 15) is 14.7 Å². The Morgan fingerprint density at radius 1 is 1.19 bits per heavy atom. The summed E-state index contributed by atoms with van der Waals surface area (Å²) >= 11 is 0. The van der Waals surface area contributed by atoms with Crippen LogP contribution in [0.15, 0.2) is 28.8 Å². The molecule has 1 aromatic heterocycles. The maximum absolute atomic E-state index is 12.7. The number of hydrogen-bond acceptors (Lipinski definition) is 5. The van der Waals surface area contributed by atoms with Crippen LogP contribution in [-0.4, -0.2) is 38.1 Å². The second-order valence-corrected chi connectivity index (χ2v) is 7.38. The van der Waals surface area contributed by atoms with Gasteiger partial charge in [0.25, 0.3) is 0 Å². The predicted octanol–water partition coefficient (Wildman–Crippen LogP) is 2.70. The lowest BCUT2D eigenvalue weighted by Gasteiger charge is -2.34. The van der Waals surface area contributed by atoms with Crippen LogP contribution in [0.3, 0.4) is 0 Å². The molecule has 4 rings (SSSR count). The Bertz CT molecular complexity index is 841. The molecule has 2 aromatic rings. The molecule has 0 radical (unpaired) electrons. The minimum absolute atomic E-state index is 0.165. The van der Waals surface area contributed by atoms with Crippen molar-refractivity contribution in [2.75, 3.05) is 0 Å². The molecular weight excluding hydrogens is 346 g/mol. The second-order valence-electron chi connectivity index (χ2n) is 7.38. The van der Waals surface area contributed by atoms with Gasteiger partial charge >= 0.3 is 5.97 Å². The van der Waals surface area contributed by atoms with E-state index in [0.717, 1.165) is 29.8 Å². The van der Waals surface area contributed by atoms with Gasteiger partial charge < -0.3 is 14.5 Å². The maximum atomic E-state index is 12.7. The van der Waals surface area contributed by atoms with Crippen LogP contribution in [0.4, 0.5) is 0 Å². The molecule has 7 nitrogen and oxygen atoms in total. The lowest BCUT2D eigenvalue weighted by molar-refractivity contribution is -0.151. The molecule has 2 aliphatic rings. The monoisotopic (exact) mass is 369 g/mol. The van der Waals surface area contributed by atoms with E-state index in [4.69, 9.17) is 4.52 Å². The van der Waals surface area contributed by atoms with Crippen molar-refractivity contribution in [3.63, 3.8) is 0 Å². The molecule has 7 heteroatoms. The largest absolute Gasteiger partial charge is 0.480 e. The van der Waals surface area contributed by atoms with Crippen molar-refractivity contribution < 1.29 is 19.2 Å². The van der Waals surface area contributed by atoms with Gasteiger partial charge in [0, 0.05) is 31.7 Å². The van der Waals surface area contributed by atoms with Crippen molar-refractivity contribution in [3.8, 4) is 0 Å². The highest BCUT2D eigenvalue weighted by Crippen LogP contribution is 2.32. The molecule has 0 unspecified atom stereocenters. The summed E-state index contributed by atoms with van der Waals surface area (Å²) < 4.78 is 5.30. The Morgan fingerprint density at radius 2 is 1.93 bits per heavy atom. The molecule has 0 spiro atoms. The number of carboxylic acids is 1. The van der Waals surface area contributed by atoms with Gasteiger partial charge in [0.1, 0.15) is 6.04 Å². The molecular formula is C20H23N3O4. The number of aromatic nitrogens is 2. The average Bonchev–Trinajstić information content (AvgIpc) is 3.36. The van der Waals surface area contributed by atoms with Gasteiger partial charge in [-0.15, -0.1) is 0 Å². The third-order valence-electron chi connectivity index (χ3n) is 5.61. The van der Waals surface area contributed by atoms with Crippen LogP contribution in [0.5, 0.6) is 0 Å². The summed E-state index contributed by atoms with van der Waals surface area (Å²) in [5.41, 5.74) is 2.00. The Balaban J connectivity index is 1.41. The van der Waals surface area contributed by atoms with Crippen LogP contribution in [0.2, 0.25) is 0 Å². The van der Waals surface area contributed by atoms with Crippen molar-refractivity contribution in [1.29, 1.82) is 0 Å². The first-order valence-corrected chi connectivity index (χ1v) is 9.53. The lowest BCUT2D eigenvalue weighted by atomic mass is 9.93. The molecule has 1 aliphatic carbocycles. The van der Waals surface area contributed by atoms with Gasteiger partial charge in [-0.2, -0.15) is 4.98 Å². The molecule has 1 saturated carbocycles. The summed E-state index contributed by atoms with van der Waals surface area (Å²) in [6, 6.07) is 6.85. The highest BCUT2D eigenvalue weighted by atomic mass is 16.5. The fraction of sp³-hybridized carbons (Fsp3) is 0.500. The van der Waals surface area contributed by atoms with Crippen molar-refractivity contribution >= 4 is 11.9 Å². The molecule has 1 fully saturated rings. The number of nitrogens with zero attached hydrogens (tertiary/aromatic N) is 3. The van der Waals surface area contributed by atoms with E-state index in [0.29, 0.717) is 31.2 Å². The third kappa shape index (κ3) is 3.72. The average molecular weight is 369 g/mol. The number of carbonyl (C=O) groups is 2. The minimum Gasteiger partial charge on any atom is -0.480 e. The van der Waals surface area contributed by atoms with Gasteiger partial charge in [-0.1, -0.05) is 42.3 Å². The van der Waals surface area contributed by atoms with Crippen LogP contribution in [0, 0.1) is 0 Å². The Hall–Kier alpha value is -2.70. The first kappa shape index (κ1) is 17.7. The number of rotatable bonds is 5. The van der Waals surface area contributed by atoms with Crippen molar-refractivity contribution in [2.45, 2.75) is 63.5 Å². The first-order valence-electron chi connectivity index (χ1n) is 9.53. The molecule has 0 bridgehead atoms. The van der Waals surface area contributed by atoms with Crippen molar-refractivity contribution in [3.05, 3.63) is 47.1 Å². The fourth-order valence-corrected chi connectivity index (χ4v) is 4.08. The van der Waals surface area contributed by atoms with Gasteiger partial charge in [-0.05, 0) is 24.0 Å². The third-order valence-corrected chi connectivity index (χ3v) is 5.61. The number of amides is 1. The molecule has 1 amide bonds. The zero-order valence-electron chi connectivity index (χ0n) is 15.1.